The molecule has 0 aliphatic carbocycles. The first kappa shape index (κ1) is 15.3. The van der Waals surface area contributed by atoms with Crippen LogP contribution in [-0.4, -0.2) is 35.0 Å². The zero-order chi connectivity index (χ0) is 15.4. The number of nitro groups is 1. The van der Waals surface area contributed by atoms with E-state index in [2.05, 4.69) is 24.1 Å². The Labute approximate surface area is 124 Å². The lowest BCUT2D eigenvalue weighted by molar-refractivity contribution is -0.384. The maximum absolute atomic E-state index is 11.1. The van der Waals surface area contributed by atoms with E-state index in [0.717, 1.165) is 25.9 Å². The average molecular weight is 288 g/mol. The minimum Gasteiger partial charge on any atom is -0.377 e. The minimum absolute atomic E-state index is 0.0280. The fourth-order valence-electron chi connectivity index (χ4n) is 2.66. The molecule has 1 heterocycles. The van der Waals surface area contributed by atoms with Gasteiger partial charge in [-0.3, -0.25) is 10.1 Å². The zero-order valence-electron chi connectivity index (χ0n) is 12.4. The Hall–Kier alpha value is -2.13. The molecule has 0 unspecified atom stereocenters. The van der Waals surface area contributed by atoms with E-state index >= 15 is 0 Å². The van der Waals surface area contributed by atoms with Crippen molar-refractivity contribution in [2.24, 2.45) is 0 Å². The van der Waals surface area contributed by atoms with Gasteiger partial charge in [-0.05, 0) is 38.8 Å². The second-order valence-corrected chi connectivity index (χ2v) is 5.65. The van der Waals surface area contributed by atoms with Crippen molar-refractivity contribution >= 4 is 11.4 Å². The minimum atomic E-state index is -0.410. The Kier molecular flexibility index (Phi) is 4.76. The summed E-state index contributed by atoms with van der Waals surface area (Å²) in [6, 6.07) is 7.20. The first-order chi connectivity index (χ1) is 10.0. The highest BCUT2D eigenvalue weighted by atomic mass is 16.6. The lowest BCUT2D eigenvalue weighted by Crippen LogP contribution is -2.42. The molecule has 6 heteroatoms. The second kappa shape index (κ2) is 6.55. The van der Waals surface area contributed by atoms with Gasteiger partial charge in [0.1, 0.15) is 5.69 Å². The molecule has 112 valence electrons. The highest BCUT2D eigenvalue weighted by Gasteiger charge is 2.23. The van der Waals surface area contributed by atoms with Gasteiger partial charge in [-0.2, -0.15) is 5.26 Å². The van der Waals surface area contributed by atoms with E-state index in [4.69, 9.17) is 5.26 Å². The van der Waals surface area contributed by atoms with Crippen molar-refractivity contribution in [2.75, 3.05) is 18.4 Å². The maximum Gasteiger partial charge on any atom is 0.292 e. The van der Waals surface area contributed by atoms with E-state index in [9.17, 15) is 10.1 Å². The van der Waals surface area contributed by atoms with Crippen molar-refractivity contribution in [3.63, 3.8) is 0 Å². The summed E-state index contributed by atoms with van der Waals surface area (Å²) in [6.07, 6.45) is 1.90. The molecule has 0 aromatic heterocycles. The van der Waals surface area contributed by atoms with E-state index in [1.54, 1.807) is 6.07 Å². The molecule has 21 heavy (non-hydrogen) atoms. The molecular formula is C15H20N4O2. The van der Waals surface area contributed by atoms with E-state index in [1.165, 1.54) is 12.1 Å². The van der Waals surface area contributed by atoms with Crippen molar-refractivity contribution < 1.29 is 4.92 Å². The van der Waals surface area contributed by atoms with Crippen LogP contribution >= 0.6 is 0 Å². The van der Waals surface area contributed by atoms with Gasteiger partial charge in [-0.1, -0.05) is 0 Å². The summed E-state index contributed by atoms with van der Waals surface area (Å²) in [5, 5.41) is 23.3. The van der Waals surface area contributed by atoms with Crippen LogP contribution in [0.15, 0.2) is 18.2 Å². The molecule has 0 spiro atoms. The Morgan fingerprint density at radius 1 is 1.43 bits per heavy atom. The summed E-state index contributed by atoms with van der Waals surface area (Å²) >= 11 is 0. The number of likely N-dealkylation sites (tertiary alicyclic amines) is 1. The number of nitro benzene ring substituents is 1. The van der Waals surface area contributed by atoms with Crippen LogP contribution in [-0.2, 0) is 0 Å². The number of piperidine rings is 1. The van der Waals surface area contributed by atoms with Gasteiger partial charge >= 0.3 is 0 Å². The van der Waals surface area contributed by atoms with Crippen molar-refractivity contribution in [3.05, 3.63) is 33.9 Å². The summed E-state index contributed by atoms with van der Waals surface area (Å²) in [7, 11) is 0. The van der Waals surface area contributed by atoms with Gasteiger partial charge in [0.05, 0.1) is 16.6 Å². The Balaban J connectivity index is 2.09. The van der Waals surface area contributed by atoms with Crippen LogP contribution in [0.1, 0.15) is 32.3 Å². The third-order valence-electron chi connectivity index (χ3n) is 3.94. The molecule has 1 saturated heterocycles. The third kappa shape index (κ3) is 3.70. The summed E-state index contributed by atoms with van der Waals surface area (Å²) in [4.78, 5) is 13.1. The number of nitrogens with one attached hydrogen (secondary N) is 1. The van der Waals surface area contributed by atoms with Gasteiger partial charge in [-0.15, -0.1) is 0 Å². The lowest BCUT2D eigenvalue weighted by atomic mass is 10.0. The molecule has 0 amide bonds. The van der Waals surface area contributed by atoms with Crippen LogP contribution in [0.5, 0.6) is 0 Å². The average Bonchev–Trinajstić information content (AvgIpc) is 2.47. The van der Waals surface area contributed by atoms with Crippen LogP contribution in [0, 0.1) is 21.4 Å². The van der Waals surface area contributed by atoms with Crippen LogP contribution in [0.25, 0.3) is 0 Å². The lowest BCUT2D eigenvalue weighted by Gasteiger charge is -2.35. The highest BCUT2D eigenvalue weighted by Crippen LogP contribution is 2.28. The monoisotopic (exact) mass is 288 g/mol. The Bertz CT molecular complexity index is 557. The molecular weight excluding hydrogens is 268 g/mol. The number of anilines is 1. The molecule has 2 rings (SSSR count). The van der Waals surface area contributed by atoms with Gasteiger partial charge in [0.25, 0.3) is 5.69 Å². The third-order valence-corrected chi connectivity index (χ3v) is 3.94. The van der Waals surface area contributed by atoms with E-state index in [0.29, 0.717) is 17.3 Å². The number of hydrogen-bond donors (Lipinski definition) is 1. The van der Waals surface area contributed by atoms with Crippen molar-refractivity contribution in [1.29, 1.82) is 5.26 Å². The predicted molar refractivity (Wildman–Crippen MR) is 81.2 cm³/mol. The molecule has 1 aromatic carbocycles. The topological polar surface area (TPSA) is 82.2 Å². The molecule has 0 bridgehead atoms. The van der Waals surface area contributed by atoms with Gasteiger partial charge < -0.3 is 10.2 Å². The number of hydrogen-bond acceptors (Lipinski definition) is 5. The summed E-state index contributed by atoms with van der Waals surface area (Å²) in [5.74, 6) is 0. The molecule has 0 atom stereocenters. The van der Waals surface area contributed by atoms with Crippen LogP contribution in [0.4, 0.5) is 11.4 Å². The van der Waals surface area contributed by atoms with Gasteiger partial charge in [-0.25, -0.2) is 0 Å². The maximum atomic E-state index is 11.1. The molecule has 1 aliphatic heterocycles. The van der Waals surface area contributed by atoms with Gasteiger partial charge in [0, 0.05) is 31.2 Å². The van der Waals surface area contributed by atoms with Crippen molar-refractivity contribution in [1.82, 2.24) is 4.90 Å². The van der Waals surface area contributed by atoms with Crippen LogP contribution in [0.3, 0.4) is 0 Å². The Morgan fingerprint density at radius 2 is 2.10 bits per heavy atom. The number of nitrogens with zero attached hydrogens (tertiary/aromatic N) is 3. The summed E-state index contributed by atoms with van der Waals surface area (Å²) in [5.41, 5.74) is 0.907. The number of rotatable bonds is 4. The van der Waals surface area contributed by atoms with Crippen LogP contribution in [0.2, 0.25) is 0 Å². The zero-order valence-corrected chi connectivity index (χ0v) is 12.4. The SMILES string of the molecule is CC(C)N1CCC(Nc2cc(C#N)ccc2[N+](=O)[O-])CC1. The predicted octanol–water partition coefficient (Wildman–Crippen LogP) is 2.75. The molecule has 1 N–H and O–H groups in total. The molecule has 1 fully saturated rings. The molecule has 6 nitrogen and oxygen atoms in total. The van der Waals surface area contributed by atoms with E-state index in [1.807, 2.05) is 6.07 Å². The molecule has 1 aliphatic rings. The largest absolute Gasteiger partial charge is 0.377 e. The standard InChI is InChI=1S/C15H20N4O2/c1-11(2)18-7-5-13(6-8-18)17-14-9-12(10-16)3-4-15(14)19(20)21/h3-4,9,11,13,17H,5-8H2,1-2H3. The quantitative estimate of drug-likeness (QED) is 0.680. The van der Waals surface area contributed by atoms with Crippen molar-refractivity contribution in [2.45, 2.75) is 38.8 Å². The number of benzene rings is 1. The van der Waals surface area contributed by atoms with Crippen LogP contribution < -0.4 is 5.32 Å². The first-order valence-corrected chi connectivity index (χ1v) is 7.20. The smallest absolute Gasteiger partial charge is 0.292 e. The summed E-state index contributed by atoms with van der Waals surface area (Å²) in [6.45, 7) is 6.33. The van der Waals surface area contributed by atoms with E-state index in [-0.39, 0.29) is 11.7 Å². The fourth-order valence-corrected chi connectivity index (χ4v) is 2.66. The second-order valence-electron chi connectivity index (χ2n) is 5.65. The summed E-state index contributed by atoms with van der Waals surface area (Å²) < 4.78 is 0. The normalized spacial score (nSPS) is 16.7. The highest BCUT2D eigenvalue weighted by molar-refractivity contribution is 5.64. The van der Waals surface area contributed by atoms with Gasteiger partial charge in [0.2, 0.25) is 0 Å². The first-order valence-electron chi connectivity index (χ1n) is 7.20. The van der Waals surface area contributed by atoms with Crippen molar-refractivity contribution in [3.8, 4) is 6.07 Å². The van der Waals surface area contributed by atoms with Gasteiger partial charge in [0.15, 0.2) is 0 Å². The Morgan fingerprint density at radius 3 is 2.62 bits per heavy atom. The molecule has 1 aromatic rings. The fraction of sp³-hybridized carbons (Fsp3) is 0.533. The number of nitriles is 1. The molecule has 0 saturated carbocycles. The molecule has 0 radical (unpaired) electrons. The van der Waals surface area contributed by atoms with E-state index < -0.39 is 4.92 Å².